The van der Waals surface area contributed by atoms with Gasteiger partial charge in [-0.2, -0.15) is 8.42 Å². The zero-order valence-corrected chi connectivity index (χ0v) is 8.48. The molecule has 0 aliphatic carbocycles. The second-order valence-electron chi connectivity index (χ2n) is 3.04. The molecule has 7 heteroatoms. The third-order valence-electron chi connectivity index (χ3n) is 1.97. The lowest BCUT2D eigenvalue weighted by atomic mass is 10.3. The second-order valence-corrected chi connectivity index (χ2v) is 4.53. The third kappa shape index (κ3) is 2.30. The molecule has 80 valence electrons. The average molecular weight is 229 g/mol. The SMILES string of the molecule is O=S(=O)(F)CCn1nnc2ccccc21. The molecule has 0 atom stereocenters. The largest absolute Gasteiger partial charge is 0.304 e. The molecule has 1 aromatic carbocycles. The van der Waals surface area contributed by atoms with E-state index in [-0.39, 0.29) is 6.54 Å². The van der Waals surface area contributed by atoms with Gasteiger partial charge in [-0.15, -0.1) is 8.98 Å². The van der Waals surface area contributed by atoms with Gasteiger partial charge in [0.25, 0.3) is 0 Å². The Labute approximate surface area is 85.7 Å². The Bertz CT molecular complexity index is 578. The van der Waals surface area contributed by atoms with Crippen molar-refractivity contribution in [2.45, 2.75) is 6.54 Å². The van der Waals surface area contributed by atoms with Crippen molar-refractivity contribution in [1.29, 1.82) is 0 Å². The zero-order valence-electron chi connectivity index (χ0n) is 7.67. The van der Waals surface area contributed by atoms with E-state index in [1.165, 1.54) is 4.68 Å². The summed E-state index contributed by atoms with van der Waals surface area (Å²) >= 11 is 0. The van der Waals surface area contributed by atoms with Crippen LogP contribution < -0.4 is 0 Å². The van der Waals surface area contributed by atoms with Gasteiger partial charge in [-0.25, -0.2) is 4.68 Å². The van der Waals surface area contributed by atoms with Crippen LogP contribution in [-0.2, 0) is 16.8 Å². The Morgan fingerprint density at radius 3 is 2.80 bits per heavy atom. The predicted octanol–water partition coefficient (Wildman–Crippen LogP) is 0.731. The fraction of sp³-hybridized carbons (Fsp3) is 0.250. The van der Waals surface area contributed by atoms with Crippen molar-refractivity contribution in [2.75, 3.05) is 5.75 Å². The lowest BCUT2D eigenvalue weighted by Gasteiger charge is -1.98. The lowest BCUT2D eigenvalue weighted by molar-refractivity contribution is 0.539. The van der Waals surface area contributed by atoms with Gasteiger partial charge in [0.1, 0.15) is 5.52 Å². The van der Waals surface area contributed by atoms with Crippen molar-refractivity contribution in [3.8, 4) is 0 Å². The summed E-state index contributed by atoms with van der Waals surface area (Å²) in [5.41, 5.74) is 1.36. The molecule has 0 aliphatic heterocycles. The summed E-state index contributed by atoms with van der Waals surface area (Å²) in [5, 5.41) is 7.55. The van der Waals surface area contributed by atoms with E-state index >= 15 is 0 Å². The lowest BCUT2D eigenvalue weighted by Crippen LogP contribution is -2.09. The minimum atomic E-state index is -4.46. The number of benzene rings is 1. The first-order chi connectivity index (χ1) is 7.06. The highest BCUT2D eigenvalue weighted by atomic mass is 32.3. The van der Waals surface area contributed by atoms with Crippen LogP contribution in [0.1, 0.15) is 0 Å². The van der Waals surface area contributed by atoms with Crippen molar-refractivity contribution >= 4 is 21.3 Å². The summed E-state index contributed by atoms with van der Waals surface area (Å²) in [6, 6.07) is 7.09. The molecule has 0 radical (unpaired) electrons. The van der Waals surface area contributed by atoms with E-state index in [4.69, 9.17) is 0 Å². The first-order valence-electron chi connectivity index (χ1n) is 4.27. The van der Waals surface area contributed by atoms with Crippen LogP contribution in [-0.4, -0.2) is 29.2 Å². The minimum absolute atomic E-state index is 0.0284. The highest BCUT2D eigenvalue weighted by Gasteiger charge is 2.09. The molecule has 0 aliphatic rings. The molecule has 0 bridgehead atoms. The number of nitrogens with zero attached hydrogens (tertiary/aromatic N) is 3. The van der Waals surface area contributed by atoms with E-state index in [1.54, 1.807) is 24.3 Å². The normalized spacial score (nSPS) is 12.1. The number of hydrogen-bond donors (Lipinski definition) is 0. The highest BCUT2D eigenvalue weighted by Crippen LogP contribution is 2.09. The maximum Gasteiger partial charge on any atom is 0.304 e. The van der Waals surface area contributed by atoms with Gasteiger partial charge in [0.05, 0.1) is 17.8 Å². The summed E-state index contributed by atoms with van der Waals surface area (Å²) in [6.45, 7) is -0.0284. The van der Waals surface area contributed by atoms with Crippen LogP contribution in [0, 0.1) is 0 Å². The van der Waals surface area contributed by atoms with Gasteiger partial charge in [0, 0.05) is 0 Å². The molecule has 15 heavy (non-hydrogen) atoms. The Balaban J connectivity index is 2.29. The molecule has 0 fully saturated rings. The fourth-order valence-corrected chi connectivity index (χ4v) is 1.67. The van der Waals surface area contributed by atoms with Crippen LogP contribution in [0.3, 0.4) is 0 Å². The van der Waals surface area contributed by atoms with Crippen LogP contribution >= 0.6 is 0 Å². The van der Waals surface area contributed by atoms with Crippen molar-refractivity contribution in [2.24, 2.45) is 0 Å². The molecule has 2 rings (SSSR count). The summed E-state index contributed by atoms with van der Waals surface area (Å²) in [5.74, 6) is -0.583. The van der Waals surface area contributed by atoms with Crippen molar-refractivity contribution < 1.29 is 12.3 Å². The standard InChI is InChI=1S/C8H8FN3O2S/c9-15(13,14)6-5-12-8-4-2-1-3-7(8)10-11-12/h1-4H,5-6H2. The Hall–Kier alpha value is -1.50. The molecule has 0 unspecified atom stereocenters. The van der Waals surface area contributed by atoms with Crippen LogP contribution in [0.15, 0.2) is 24.3 Å². The number of para-hydroxylation sites is 1. The van der Waals surface area contributed by atoms with Gasteiger partial charge in [-0.05, 0) is 12.1 Å². The number of halogens is 1. The molecule has 0 N–H and O–H groups in total. The molecule has 0 spiro atoms. The maximum absolute atomic E-state index is 12.3. The van der Waals surface area contributed by atoms with Gasteiger partial charge in [0.2, 0.25) is 0 Å². The van der Waals surface area contributed by atoms with Crippen LogP contribution in [0.5, 0.6) is 0 Å². The van der Waals surface area contributed by atoms with E-state index < -0.39 is 16.0 Å². The van der Waals surface area contributed by atoms with Crippen LogP contribution in [0.2, 0.25) is 0 Å². The monoisotopic (exact) mass is 229 g/mol. The molecular formula is C8H8FN3O2S. The number of fused-ring (bicyclic) bond motifs is 1. The van der Waals surface area contributed by atoms with E-state index in [0.717, 1.165) is 0 Å². The van der Waals surface area contributed by atoms with Crippen molar-refractivity contribution in [3.05, 3.63) is 24.3 Å². The third-order valence-corrected chi connectivity index (χ3v) is 2.64. The van der Waals surface area contributed by atoms with E-state index in [0.29, 0.717) is 11.0 Å². The van der Waals surface area contributed by atoms with Gasteiger partial charge < -0.3 is 0 Å². The number of aryl methyl sites for hydroxylation is 1. The molecule has 0 saturated heterocycles. The van der Waals surface area contributed by atoms with E-state index in [2.05, 4.69) is 10.3 Å². The Kier molecular flexibility index (Phi) is 2.39. The fourth-order valence-electron chi connectivity index (χ4n) is 1.28. The molecule has 2 aromatic rings. The smallest absolute Gasteiger partial charge is 0.244 e. The minimum Gasteiger partial charge on any atom is -0.244 e. The Morgan fingerprint density at radius 1 is 1.33 bits per heavy atom. The average Bonchev–Trinajstić information content (AvgIpc) is 2.57. The topological polar surface area (TPSA) is 64.8 Å². The van der Waals surface area contributed by atoms with Crippen molar-refractivity contribution in [1.82, 2.24) is 15.0 Å². The first-order valence-corrected chi connectivity index (χ1v) is 5.82. The summed E-state index contributed by atoms with van der Waals surface area (Å²) in [4.78, 5) is 0. The van der Waals surface area contributed by atoms with Gasteiger partial charge in [-0.3, -0.25) is 0 Å². The number of rotatable bonds is 3. The van der Waals surface area contributed by atoms with Crippen LogP contribution in [0.25, 0.3) is 11.0 Å². The summed E-state index contributed by atoms with van der Waals surface area (Å²) in [7, 11) is -4.46. The zero-order chi connectivity index (χ0) is 10.9. The van der Waals surface area contributed by atoms with Gasteiger partial charge >= 0.3 is 10.2 Å². The predicted molar refractivity (Wildman–Crippen MR) is 52.4 cm³/mol. The molecule has 5 nitrogen and oxygen atoms in total. The van der Waals surface area contributed by atoms with Gasteiger partial charge in [0.15, 0.2) is 0 Å². The van der Waals surface area contributed by atoms with Gasteiger partial charge in [-0.1, -0.05) is 17.3 Å². The van der Waals surface area contributed by atoms with Crippen molar-refractivity contribution in [3.63, 3.8) is 0 Å². The first kappa shape index (κ1) is 10.0. The van der Waals surface area contributed by atoms with Crippen LogP contribution in [0.4, 0.5) is 3.89 Å². The summed E-state index contributed by atoms with van der Waals surface area (Å²) < 4.78 is 34.3. The number of hydrogen-bond acceptors (Lipinski definition) is 4. The summed E-state index contributed by atoms with van der Waals surface area (Å²) in [6.07, 6.45) is 0. The highest BCUT2D eigenvalue weighted by molar-refractivity contribution is 7.86. The molecule has 0 amide bonds. The maximum atomic E-state index is 12.3. The molecule has 1 heterocycles. The second kappa shape index (κ2) is 3.58. The number of aromatic nitrogens is 3. The Morgan fingerprint density at radius 2 is 2.07 bits per heavy atom. The quantitative estimate of drug-likeness (QED) is 0.728. The molecular weight excluding hydrogens is 221 g/mol. The van der Waals surface area contributed by atoms with E-state index in [9.17, 15) is 12.3 Å². The molecule has 0 saturated carbocycles. The molecule has 1 aromatic heterocycles. The van der Waals surface area contributed by atoms with E-state index in [1.807, 2.05) is 0 Å².